The van der Waals surface area contributed by atoms with E-state index in [9.17, 15) is 8.42 Å². The second-order valence-electron chi connectivity index (χ2n) is 3.20. The first-order chi connectivity index (χ1) is 7.67. The van der Waals surface area contributed by atoms with Crippen molar-refractivity contribution in [3.05, 3.63) is 24.5 Å². The largest absolute Gasteiger partial charge is 0.263 e. The highest BCUT2D eigenvalue weighted by Gasteiger charge is 2.12. The SMILES string of the molecule is N#CCCCCNS(=O)(=O)c1cccnc1. The van der Waals surface area contributed by atoms with Gasteiger partial charge in [-0.2, -0.15) is 5.26 Å². The van der Waals surface area contributed by atoms with Crippen LogP contribution >= 0.6 is 0 Å². The summed E-state index contributed by atoms with van der Waals surface area (Å²) in [6, 6.07) is 5.07. The van der Waals surface area contributed by atoms with Crippen molar-refractivity contribution in [1.82, 2.24) is 9.71 Å². The maximum Gasteiger partial charge on any atom is 0.242 e. The van der Waals surface area contributed by atoms with Crippen molar-refractivity contribution in [2.45, 2.75) is 24.2 Å². The van der Waals surface area contributed by atoms with Gasteiger partial charge in [0.1, 0.15) is 4.90 Å². The Morgan fingerprint density at radius 1 is 1.44 bits per heavy atom. The van der Waals surface area contributed by atoms with Crippen LogP contribution in [-0.2, 0) is 10.0 Å². The van der Waals surface area contributed by atoms with Gasteiger partial charge in [-0.1, -0.05) is 0 Å². The second kappa shape index (κ2) is 6.20. The first kappa shape index (κ1) is 12.6. The minimum atomic E-state index is -3.44. The van der Waals surface area contributed by atoms with E-state index in [2.05, 4.69) is 9.71 Å². The van der Waals surface area contributed by atoms with E-state index >= 15 is 0 Å². The van der Waals surface area contributed by atoms with Crippen LogP contribution in [0.3, 0.4) is 0 Å². The van der Waals surface area contributed by atoms with Crippen LogP contribution in [0.5, 0.6) is 0 Å². The van der Waals surface area contributed by atoms with Gasteiger partial charge in [0, 0.05) is 25.4 Å². The summed E-state index contributed by atoms with van der Waals surface area (Å²) in [6.07, 6.45) is 4.64. The maximum absolute atomic E-state index is 11.6. The van der Waals surface area contributed by atoms with E-state index in [1.807, 2.05) is 6.07 Å². The van der Waals surface area contributed by atoms with Crippen LogP contribution in [0.1, 0.15) is 19.3 Å². The van der Waals surface area contributed by atoms with Gasteiger partial charge in [0.2, 0.25) is 10.0 Å². The Hall–Kier alpha value is -1.45. The van der Waals surface area contributed by atoms with E-state index in [0.717, 1.165) is 0 Å². The molecule has 16 heavy (non-hydrogen) atoms. The average Bonchev–Trinajstić information content (AvgIpc) is 2.30. The van der Waals surface area contributed by atoms with Gasteiger partial charge in [0.15, 0.2) is 0 Å². The van der Waals surface area contributed by atoms with Gasteiger partial charge >= 0.3 is 0 Å². The van der Waals surface area contributed by atoms with Crippen molar-refractivity contribution in [2.24, 2.45) is 0 Å². The Bertz CT molecular complexity index is 451. The molecule has 0 bridgehead atoms. The number of unbranched alkanes of at least 4 members (excludes halogenated alkanes) is 2. The average molecular weight is 239 g/mol. The molecule has 6 heteroatoms. The molecule has 0 fully saturated rings. The number of aromatic nitrogens is 1. The predicted molar refractivity (Wildman–Crippen MR) is 58.9 cm³/mol. The highest BCUT2D eigenvalue weighted by molar-refractivity contribution is 7.89. The van der Waals surface area contributed by atoms with Crippen molar-refractivity contribution in [1.29, 1.82) is 5.26 Å². The molecule has 5 nitrogen and oxygen atoms in total. The quantitative estimate of drug-likeness (QED) is 0.752. The van der Waals surface area contributed by atoms with Crippen molar-refractivity contribution >= 4 is 10.0 Å². The third-order valence-corrected chi connectivity index (χ3v) is 3.40. The smallest absolute Gasteiger partial charge is 0.242 e. The van der Waals surface area contributed by atoms with Crippen LogP contribution in [0.25, 0.3) is 0 Å². The molecule has 86 valence electrons. The molecule has 0 saturated heterocycles. The molecular weight excluding hydrogens is 226 g/mol. The molecule has 0 atom stereocenters. The minimum Gasteiger partial charge on any atom is -0.263 e. The van der Waals surface area contributed by atoms with Crippen LogP contribution in [0.4, 0.5) is 0 Å². The van der Waals surface area contributed by atoms with Crippen LogP contribution < -0.4 is 4.72 Å². The summed E-state index contributed by atoms with van der Waals surface area (Å²) >= 11 is 0. The third kappa shape index (κ3) is 3.96. The summed E-state index contributed by atoms with van der Waals surface area (Å²) in [5.41, 5.74) is 0. The van der Waals surface area contributed by atoms with E-state index < -0.39 is 10.0 Å². The number of nitriles is 1. The number of nitrogens with zero attached hydrogens (tertiary/aromatic N) is 2. The topological polar surface area (TPSA) is 82.9 Å². The molecule has 0 aromatic carbocycles. The fraction of sp³-hybridized carbons (Fsp3) is 0.400. The molecule has 0 saturated carbocycles. The van der Waals surface area contributed by atoms with E-state index in [1.54, 1.807) is 6.07 Å². The van der Waals surface area contributed by atoms with E-state index in [0.29, 0.717) is 25.8 Å². The first-order valence-corrected chi connectivity index (χ1v) is 6.42. The van der Waals surface area contributed by atoms with Gasteiger partial charge in [-0.05, 0) is 25.0 Å². The van der Waals surface area contributed by atoms with Gasteiger partial charge in [-0.25, -0.2) is 13.1 Å². The van der Waals surface area contributed by atoms with Crippen molar-refractivity contribution in [2.75, 3.05) is 6.54 Å². The van der Waals surface area contributed by atoms with Crippen LogP contribution in [0, 0.1) is 11.3 Å². The fourth-order valence-electron chi connectivity index (χ4n) is 1.12. The second-order valence-corrected chi connectivity index (χ2v) is 4.97. The zero-order valence-corrected chi connectivity index (χ0v) is 9.57. The van der Waals surface area contributed by atoms with Gasteiger partial charge in [-0.3, -0.25) is 4.98 Å². The molecule has 1 rings (SSSR count). The molecule has 1 heterocycles. The molecular formula is C10H13N3O2S. The Balaban J connectivity index is 2.45. The first-order valence-electron chi connectivity index (χ1n) is 4.93. The van der Waals surface area contributed by atoms with E-state index in [1.165, 1.54) is 18.5 Å². The molecule has 0 aliphatic heterocycles. The van der Waals surface area contributed by atoms with E-state index in [-0.39, 0.29) is 4.90 Å². The number of rotatable bonds is 6. The monoisotopic (exact) mass is 239 g/mol. The molecule has 0 spiro atoms. The van der Waals surface area contributed by atoms with E-state index in [4.69, 9.17) is 5.26 Å². The summed E-state index contributed by atoms with van der Waals surface area (Å²) in [5, 5.41) is 8.31. The van der Waals surface area contributed by atoms with Crippen molar-refractivity contribution in [3.8, 4) is 6.07 Å². The summed E-state index contributed by atoms with van der Waals surface area (Å²) in [7, 11) is -3.44. The lowest BCUT2D eigenvalue weighted by Gasteiger charge is -2.04. The molecule has 0 aliphatic rings. The number of hydrogen-bond donors (Lipinski definition) is 1. The number of pyridine rings is 1. The highest BCUT2D eigenvalue weighted by Crippen LogP contribution is 2.05. The van der Waals surface area contributed by atoms with Gasteiger partial charge in [-0.15, -0.1) is 0 Å². The lowest BCUT2D eigenvalue weighted by molar-refractivity contribution is 0.577. The lowest BCUT2D eigenvalue weighted by atomic mass is 10.2. The fourth-order valence-corrected chi connectivity index (χ4v) is 2.16. The Kier molecular flexibility index (Phi) is 4.89. The van der Waals surface area contributed by atoms with Crippen LogP contribution in [0.2, 0.25) is 0 Å². The molecule has 0 aliphatic carbocycles. The zero-order valence-electron chi connectivity index (χ0n) is 8.76. The summed E-state index contributed by atoms with van der Waals surface area (Å²) in [5.74, 6) is 0. The number of nitrogens with one attached hydrogen (secondary N) is 1. The Morgan fingerprint density at radius 3 is 2.88 bits per heavy atom. The van der Waals surface area contributed by atoms with Crippen molar-refractivity contribution < 1.29 is 8.42 Å². The van der Waals surface area contributed by atoms with Gasteiger partial charge in [0.25, 0.3) is 0 Å². The third-order valence-electron chi connectivity index (χ3n) is 1.95. The summed E-state index contributed by atoms with van der Waals surface area (Å²) in [4.78, 5) is 3.91. The lowest BCUT2D eigenvalue weighted by Crippen LogP contribution is -2.24. The molecule has 1 aromatic heterocycles. The standard InChI is InChI=1S/C10H13N3O2S/c11-6-2-1-3-8-13-16(14,15)10-5-4-7-12-9-10/h4-5,7,9,13H,1-3,8H2. The molecule has 1 N–H and O–H groups in total. The van der Waals surface area contributed by atoms with Gasteiger partial charge in [0.05, 0.1) is 6.07 Å². The summed E-state index contributed by atoms with van der Waals surface area (Å²) < 4.78 is 25.8. The minimum absolute atomic E-state index is 0.162. The van der Waals surface area contributed by atoms with Crippen LogP contribution in [0.15, 0.2) is 29.4 Å². The molecule has 0 unspecified atom stereocenters. The highest BCUT2D eigenvalue weighted by atomic mass is 32.2. The number of sulfonamides is 1. The van der Waals surface area contributed by atoms with Crippen molar-refractivity contribution in [3.63, 3.8) is 0 Å². The molecule has 1 aromatic rings. The normalized spacial score (nSPS) is 10.9. The van der Waals surface area contributed by atoms with Gasteiger partial charge < -0.3 is 0 Å². The Morgan fingerprint density at radius 2 is 2.25 bits per heavy atom. The van der Waals surface area contributed by atoms with Crippen LogP contribution in [-0.4, -0.2) is 19.9 Å². The molecule has 0 amide bonds. The zero-order chi connectivity index (χ0) is 11.9. The molecule has 0 radical (unpaired) electrons. The predicted octanol–water partition coefficient (Wildman–Crippen LogP) is 1.05. The Labute approximate surface area is 95.2 Å². The number of hydrogen-bond acceptors (Lipinski definition) is 4. The summed E-state index contributed by atoms with van der Waals surface area (Å²) in [6.45, 7) is 0.346. The maximum atomic E-state index is 11.6.